The first-order valence-corrected chi connectivity index (χ1v) is 5.89. The van der Waals surface area contributed by atoms with E-state index in [1.54, 1.807) is 37.6 Å². The first kappa shape index (κ1) is 13.1. The SMILES string of the molecule is CNC(=O)C(C)n1c(C)nc2c(C(=O)O)cccc21. The number of rotatable bonds is 3. The molecule has 0 saturated heterocycles. The van der Waals surface area contributed by atoms with E-state index in [1.165, 1.54) is 6.07 Å². The van der Waals surface area contributed by atoms with Crippen molar-refractivity contribution < 1.29 is 14.7 Å². The van der Waals surface area contributed by atoms with Gasteiger partial charge in [0.15, 0.2) is 0 Å². The Labute approximate surface area is 110 Å². The van der Waals surface area contributed by atoms with Crippen LogP contribution in [0.4, 0.5) is 0 Å². The lowest BCUT2D eigenvalue weighted by atomic mass is 10.2. The number of carbonyl (C=O) groups is 2. The molecule has 2 aromatic rings. The van der Waals surface area contributed by atoms with E-state index < -0.39 is 12.0 Å². The van der Waals surface area contributed by atoms with Crippen molar-refractivity contribution in [3.8, 4) is 0 Å². The lowest BCUT2D eigenvalue weighted by molar-refractivity contribution is -0.123. The number of imidazole rings is 1. The maximum Gasteiger partial charge on any atom is 0.337 e. The van der Waals surface area contributed by atoms with Gasteiger partial charge in [-0.15, -0.1) is 0 Å². The van der Waals surface area contributed by atoms with E-state index in [9.17, 15) is 9.59 Å². The number of aryl methyl sites for hydroxylation is 1. The molecule has 19 heavy (non-hydrogen) atoms. The fourth-order valence-electron chi connectivity index (χ4n) is 2.22. The molecular weight excluding hydrogens is 246 g/mol. The summed E-state index contributed by atoms with van der Waals surface area (Å²) in [6.07, 6.45) is 0. The van der Waals surface area contributed by atoms with Crippen molar-refractivity contribution in [2.75, 3.05) is 7.05 Å². The highest BCUT2D eigenvalue weighted by Crippen LogP contribution is 2.23. The highest BCUT2D eigenvalue weighted by atomic mass is 16.4. The number of nitrogens with zero attached hydrogens (tertiary/aromatic N) is 2. The number of para-hydroxylation sites is 1. The van der Waals surface area contributed by atoms with Crippen LogP contribution in [0.15, 0.2) is 18.2 Å². The summed E-state index contributed by atoms with van der Waals surface area (Å²) in [7, 11) is 1.57. The summed E-state index contributed by atoms with van der Waals surface area (Å²) in [6, 6.07) is 4.48. The second-order valence-corrected chi connectivity index (χ2v) is 4.30. The van der Waals surface area contributed by atoms with Crippen molar-refractivity contribution in [1.29, 1.82) is 0 Å². The summed E-state index contributed by atoms with van der Waals surface area (Å²) < 4.78 is 1.74. The quantitative estimate of drug-likeness (QED) is 0.873. The molecule has 0 fully saturated rings. The number of carbonyl (C=O) groups excluding carboxylic acids is 1. The Morgan fingerprint density at radius 1 is 1.42 bits per heavy atom. The fraction of sp³-hybridized carbons (Fsp3) is 0.308. The van der Waals surface area contributed by atoms with Gasteiger partial charge in [0, 0.05) is 7.05 Å². The van der Waals surface area contributed by atoms with Crippen molar-refractivity contribution in [3.05, 3.63) is 29.6 Å². The van der Waals surface area contributed by atoms with Crippen LogP contribution in [-0.4, -0.2) is 33.6 Å². The van der Waals surface area contributed by atoms with E-state index in [0.29, 0.717) is 16.9 Å². The number of fused-ring (bicyclic) bond motifs is 1. The molecular formula is C13H15N3O3. The van der Waals surface area contributed by atoms with Gasteiger partial charge < -0.3 is 15.0 Å². The zero-order valence-electron chi connectivity index (χ0n) is 11.0. The molecule has 1 atom stereocenters. The summed E-state index contributed by atoms with van der Waals surface area (Å²) in [4.78, 5) is 27.2. The molecule has 1 aromatic carbocycles. The lowest BCUT2D eigenvalue weighted by Crippen LogP contribution is -2.28. The van der Waals surface area contributed by atoms with Crippen LogP contribution in [-0.2, 0) is 4.79 Å². The van der Waals surface area contributed by atoms with Crippen molar-refractivity contribution in [2.45, 2.75) is 19.9 Å². The molecule has 100 valence electrons. The molecule has 6 nitrogen and oxygen atoms in total. The van der Waals surface area contributed by atoms with E-state index in [-0.39, 0.29) is 11.5 Å². The van der Waals surface area contributed by atoms with Crippen LogP contribution in [0.2, 0.25) is 0 Å². The summed E-state index contributed by atoms with van der Waals surface area (Å²) in [5.74, 6) is -0.564. The average Bonchev–Trinajstić information content (AvgIpc) is 2.72. The van der Waals surface area contributed by atoms with Gasteiger partial charge in [-0.25, -0.2) is 9.78 Å². The third-order valence-electron chi connectivity index (χ3n) is 3.14. The number of hydrogen-bond acceptors (Lipinski definition) is 3. The molecule has 6 heteroatoms. The largest absolute Gasteiger partial charge is 0.478 e. The summed E-state index contributed by atoms with van der Waals surface area (Å²) in [5.41, 5.74) is 1.19. The Morgan fingerprint density at radius 2 is 2.11 bits per heavy atom. The number of likely N-dealkylation sites (N-methyl/N-ethyl adjacent to an activating group) is 1. The molecule has 1 amide bonds. The Hall–Kier alpha value is -2.37. The topological polar surface area (TPSA) is 84.2 Å². The minimum absolute atomic E-state index is 0.142. The first-order valence-electron chi connectivity index (χ1n) is 5.89. The fourth-order valence-corrected chi connectivity index (χ4v) is 2.22. The molecule has 0 saturated carbocycles. The highest BCUT2D eigenvalue weighted by Gasteiger charge is 2.21. The van der Waals surface area contributed by atoms with Gasteiger partial charge in [0.25, 0.3) is 0 Å². The van der Waals surface area contributed by atoms with Crippen LogP contribution in [0, 0.1) is 6.92 Å². The molecule has 0 aliphatic heterocycles. The predicted octanol–water partition coefficient (Wildman–Crippen LogP) is 1.35. The van der Waals surface area contributed by atoms with Crippen LogP contribution >= 0.6 is 0 Å². The molecule has 0 bridgehead atoms. The Bertz CT molecular complexity index is 660. The highest BCUT2D eigenvalue weighted by molar-refractivity contribution is 6.01. The maximum atomic E-state index is 11.7. The van der Waals surface area contributed by atoms with Gasteiger partial charge in [-0.1, -0.05) is 6.07 Å². The van der Waals surface area contributed by atoms with Crippen LogP contribution in [0.1, 0.15) is 29.1 Å². The Kier molecular flexibility index (Phi) is 3.25. The van der Waals surface area contributed by atoms with Gasteiger partial charge in [-0.3, -0.25) is 4.79 Å². The van der Waals surface area contributed by atoms with E-state index in [0.717, 1.165) is 0 Å². The third-order valence-corrected chi connectivity index (χ3v) is 3.14. The third kappa shape index (κ3) is 2.05. The zero-order valence-corrected chi connectivity index (χ0v) is 11.0. The van der Waals surface area contributed by atoms with Gasteiger partial charge in [0.05, 0.1) is 11.1 Å². The smallest absolute Gasteiger partial charge is 0.337 e. The number of amides is 1. The molecule has 0 radical (unpaired) electrons. The van der Waals surface area contributed by atoms with E-state index in [1.807, 2.05) is 0 Å². The van der Waals surface area contributed by atoms with E-state index in [2.05, 4.69) is 10.3 Å². The second-order valence-electron chi connectivity index (χ2n) is 4.30. The van der Waals surface area contributed by atoms with Gasteiger partial charge in [-0.2, -0.15) is 0 Å². The number of benzene rings is 1. The zero-order chi connectivity index (χ0) is 14.2. The first-order chi connectivity index (χ1) is 8.97. The Balaban J connectivity index is 2.70. The number of aromatic carboxylic acids is 1. The summed E-state index contributed by atoms with van der Waals surface area (Å²) >= 11 is 0. The monoisotopic (exact) mass is 261 g/mol. The van der Waals surface area contributed by atoms with Gasteiger partial charge in [0.1, 0.15) is 17.4 Å². The number of carboxylic acids is 1. The van der Waals surface area contributed by atoms with Gasteiger partial charge in [-0.05, 0) is 26.0 Å². The molecule has 2 rings (SSSR count). The minimum Gasteiger partial charge on any atom is -0.478 e. The molecule has 0 aliphatic carbocycles. The molecule has 1 unspecified atom stereocenters. The molecule has 1 aromatic heterocycles. The van der Waals surface area contributed by atoms with Crippen LogP contribution in [0.5, 0.6) is 0 Å². The molecule has 1 heterocycles. The van der Waals surface area contributed by atoms with Crippen molar-refractivity contribution in [1.82, 2.24) is 14.9 Å². The van der Waals surface area contributed by atoms with Gasteiger partial charge >= 0.3 is 5.97 Å². The summed E-state index contributed by atoms with van der Waals surface area (Å²) in [5, 5.41) is 11.7. The number of carboxylic acid groups (broad SMARTS) is 1. The van der Waals surface area contributed by atoms with Crippen molar-refractivity contribution in [3.63, 3.8) is 0 Å². The summed E-state index contributed by atoms with van der Waals surface area (Å²) in [6.45, 7) is 3.51. The second kappa shape index (κ2) is 4.72. The van der Waals surface area contributed by atoms with Crippen molar-refractivity contribution >= 4 is 22.9 Å². The van der Waals surface area contributed by atoms with Crippen molar-refractivity contribution in [2.24, 2.45) is 0 Å². The van der Waals surface area contributed by atoms with Gasteiger partial charge in [0.2, 0.25) is 5.91 Å². The number of nitrogens with one attached hydrogen (secondary N) is 1. The normalized spacial score (nSPS) is 12.4. The number of aromatic nitrogens is 2. The van der Waals surface area contributed by atoms with Crippen LogP contribution in [0.25, 0.3) is 11.0 Å². The van der Waals surface area contributed by atoms with Crippen LogP contribution in [0.3, 0.4) is 0 Å². The standard InChI is InChI=1S/C13H15N3O3/c1-7(12(17)14-3)16-8(2)15-11-9(13(18)19)5-4-6-10(11)16/h4-7H,1-3H3,(H,14,17)(H,18,19). The lowest BCUT2D eigenvalue weighted by Gasteiger charge is -2.14. The molecule has 2 N–H and O–H groups in total. The van der Waals surface area contributed by atoms with E-state index in [4.69, 9.17) is 5.11 Å². The Morgan fingerprint density at radius 3 is 2.68 bits per heavy atom. The van der Waals surface area contributed by atoms with Crippen LogP contribution < -0.4 is 5.32 Å². The maximum absolute atomic E-state index is 11.7. The number of hydrogen-bond donors (Lipinski definition) is 2. The van der Waals surface area contributed by atoms with E-state index >= 15 is 0 Å². The average molecular weight is 261 g/mol. The molecule has 0 aliphatic rings. The minimum atomic E-state index is -1.03. The predicted molar refractivity (Wildman–Crippen MR) is 70.2 cm³/mol. The molecule has 0 spiro atoms.